The van der Waals surface area contributed by atoms with Gasteiger partial charge in [-0.05, 0) is 44.3 Å². The Morgan fingerprint density at radius 2 is 2.00 bits per heavy atom. The van der Waals surface area contributed by atoms with E-state index in [9.17, 15) is 4.39 Å². The van der Waals surface area contributed by atoms with E-state index in [0.29, 0.717) is 5.92 Å². The summed E-state index contributed by atoms with van der Waals surface area (Å²) in [6.07, 6.45) is 3.72. The third-order valence-electron chi connectivity index (χ3n) is 4.42. The van der Waals surface area contributed by atoms with Gasteiger partial charge in [-0.1, -0.05) is 39.0 Å². The summed E-state index contributed by atoms with van der Waals surface area (Å²) in [6, 6.07) is 8.06. The Bertz CT molecular complexity index is 431. The SMILES string of the molecule is CCCNC(c1ccccc1F)C(C)CN(CC)C1CC1. The van der Waals surface area contributed by atoms with Crippen LogP contribution in [-0.2, 0) is 0 Å². The second-order valence-electron chi connectivity index (χ2n) is 6.25. The number of hydrogen-bond donors (Lipinski definition) is 1. The van der Waals surface area contributed by atoms with E-state index >= 15 is 0 Å². The predicted octanol–water partition coefficient (Wildman–Crippen LogP) is 3.99. The van der Waals surface area contributed by atoms with Crippen molar-refractivity contribution in [2.75, 3.05) is 19.6 Å². The van der Waals surface area contributed by atoms with Gasteiger partial charge in [0, 0.05) is 24.2 Å². The molecule has 1 aromatic carbocycles. The number of hydrogen-bond acceptors (Lipinski definition) is 2. The summed E-state index contributed by atoms with van der Waals surface area (Å²) in [6.45, 7) is 9.68. The van der Waals surface area contributed by atoms with E-state index in [4.69, 9.17) is 0 Å². The number of benzene rings is 1. The van der Waals surface area contributed by atoms with Gasteiger partial charge in [0.25, 0.3) is 0 Å². The molecule has 3 heteroatoms. The molecule has 1 aromatic rings. The first kappa shape index (κ1) is 16.4. The lowest BCUT2D eigenvalue weighted by Crippen LogP contribution is -2.37. The van der Waals surface area contributed by atoms with Crippen molar-refractivity contribution >= 4 is 0 Å². The quantitative estimate of drug-likeness (QED) is 0.740. The molecule has 1 aliphatic carbocycles. The number of rotatable bonds is 9. The summed E-state index contributed by atoms with van der Waals surface area (Å²) in [4.78, 5) is 2.55. The first-order valence-electron chi connectivity index (χ1n) is 8.39. The monoisotopic (exact) mass is 292 g/mol. The molecule has 0 amide bonds. The summed E-state index contributed by atoms with van der Waals surface area (Å²) in [5.41, 5.74) is 0.810. The van der Waals surface area contributed by atoms with Crippen LogP contribution in [0.15, 0.2) is 24.3 Å². The molecule has 118 valence electrons. The highest BCUT2D eigenvalue weighted by Crippen LogP contribution is 2.30. The lowest BCUT2D eigenvalue weighted by Gasteiger charge is -2.31. The highest BCUT2D eigenvalue weighted by atomic mass is 19.1. The van der Waals surface area contributed by atoms with Gasteiger partial charge in [0.05, 0.1) is 0 Å². The van der Waals surface area contributed by atoms with Gasteiger partial charge in [-0.3, -0.25) is 0 Å². The van der Waals surface area contributed by atoms with Gasteiger partial charge in [0.1, 0.15) is 5.82 Å². The smallest absolute Gasteiger partial charge is 0.127 e. The van der Waals surface area contributed by atoms with Crippen molar-refractivity contribution in [3.05, 3.63) is 35.6 Å². The van der Waals surface area contributed by atoms with E-state index in [2.05, 4.69) is 31.0 Å². The predicted molar refractivity (Wildman–Crippen MR) is 86.9 cm³/mol. The van der Waals surface area contributed by atoms with Crippen molar-refractivity contribution in [1.29, 1.82) is 0 Å². The molecule has 2 nitrogen and oxygen atoms in total. The zero-order valence-corrected chi connectivity index (χ0v) is 13.6. The molecule has 0 radical (unpaired) electrons. The van der Waals surface area contributed by atoms with E-state index in [-0.39, 0.29) is 11.9 Å². The molecule has 1 N–H and O–H groups in total. The van der Waals surface area contributed by atoms with Gasteiger partial charge in [-0.25, -0.2) is 4.39 Å². The Morgan fingerprint density at radius 1 is 1.29 bits per heavy atom. The molecule has 0 aromatic heterocycles. The second-order valence-corrected chi connectivity index (χ2v) is 6.25. The molecule has 0 saturated heterocycles. The zero-order valence-electron chi connectivity index (χ0n) is 13.6. The van der Waals surface area contributed by atoms with E-state index in [1.165, 1.54) is 12.8 Å². The minimum Gasteiger partial charge on any atom is -0.310 e. The van der Waals surface area contributed by atoms with Crippen LogP contribution in [0.2, 0.25) is 0 Å². The van der Waals surface area contributed by atoms with Crippen molar-refractivity contribution in [2.24, 2.45) is 5.92 Å². The minimum absolute atomic E-state index is 0.0903. The fourth-order valence-corrected chi connectivity index (χ4v) is 3.10. The van der Waals surface area contributed by atoms with Crippen molar-refractivity contribution < 1.29 is 4.39 Å². The highest BCUT2D eigenvalue weighted by Gasteiger charge is 2.31. The molecule has 21 heavy (non-hydrogen) atoms. The van der Waals surface area contributed by atoms with Gasteiger partial charge in [-0.15, -0.1) is 0 Å². The van der Waals surface area contributed by atoms with E-state index in [1.807, 2.05) is 12.1 Å². The fraction of sp³-hybridized carbons (Fsp3) is 0.667. The van der Waals surface area contributed by atoms with Crippen molar-refractivity contribution in [3.8, 4) is 0 Å². The average Bonchev–Trinajstić information content (AvgIpc) is 3.31. The Kier molecular flexibility index (Phi) is 6.19. The molecular formula is C18H29FN2. The Hall–Kier alpha value is -0.930. The highest BCUT2D eigenvalue weighted by molar-refractivity contribution is 5.22. The molecule has 0 bridgehead atoms. The Morgan fingerprint density at radius 3 is 2.57 bits per heavy atom. The average molecular weight is 292 g/mol. The topological polar surface area (TPSA) is 15.3 Å². The van der Waals surface area contributed by atoms with Crippen LogP contribution in [0.25, 0.3) is 0 Å². The minimum atomic E-state index is -0.0903. The molecule has 2 unspecified atom stereocenters. The van der Waals surface area contributed by atoms with E-state index < -0.39 is 0 Å². The molecule has 1 fully saturated rings. The van der Waals surface area contributed by atoms with Crippen molar-refractivity contribution in [2.45, 2.75) is 52.1 Å². The molecule has 2 atom stereocenters. The van der Waals surface area contributed by atoms with Crippen LogP contribution in [0.1, 0.15) is 51.6 Å². The van der Waals surface area contributed by atoms with Gasteiger partial charge in [0.2, 0.25) is 0 Å². The second kappa shape index (κ2) is 7.90. The van der Waals surface area contributed by atoms with Gasteiger partial charge < -0.3 is 10.2 Å². The lowest BCUT2D eigenvalue weighted by atomic mass is 9.93. The summed E-state index contributed by atoms with van der Waals surface area (Å²) >= 11 is 0. The van der Waals surface area contributed by atoms with Crippen LogP contribution >= 0.6 is 0 Å². The van der Waals surface area contributed by atoms with Crippen LogP contribution in [0.4, 0.5) is 4.39 Å². The molecule has 0 spiro atoms. The van der Waals surface area contributed by atoms with E-state index in [0.717, 1.165) is 37.7 Å². The normalized spacial score (nSPS) is 18.0. The van der Waals surface area contributed by atoms with Crippen LogP contribution in [0, 0.1) is 11.7 Å². The Balaban J connectivity index is 2.08. The Labute approximate surface area is 128 Å². The summed E-state index contributed by atoms with van der Waals surface area (Å²) in [5, 5.41) is 3.55. The molecule has 1 aliphatic rings. The molecule has 1 saturated carbocycles. The number of nitrogens with zero attached hydrogens (tertiary/aromatic N) is 1. The maximum Gasteiger partial charge on any atom is 0.127 e. The van der Waals surface area contributed by atoms with E-state index in [1.54, 1.807) is 12.1 Å². The fourth-order valence-electron chi connectivity index (χ4n) is 3.10. The van der Waals surface area contributed by atoms with Crippen LogP contribution in [-0.4, -0.2) is 30.6 Å². The van der Waals surface area contributed by atoms with Gasteiger partial charge in [0.15, 0.2) is 0 Å². The number of nitrogens with one attached hydrogen (secondary N) is 1. The number of halogens is 1. The maximum atomic E-state index is 14.2. The first-order chi connectivity index (χ1) is 10.2. The largest absolute Gasteiger partial charge is 0.310 e. The summed E-state index contributed by atoms with van der Waals surface area (Å²) in [7, 11) is 0. The van der Waals surface area contributed by atoms with Crippen LogP contribution in [0.3, 0.4) is 0 Å². The standard InChI is InChI=1S/C18H29FN2/c1-4-12-20-18(16-8-6-7-9-17(16)19)14(3)13-21(5-2)15-10-11-15/h6-9,14-15,18,20H,4-5,10-13H2,1-3H3. The maximum absolute atomic E-state index is 14.2. The molecule has 0 aliphatic heterocycles. The molecule has 0 heterocycles. The van der Waals surface area contributed by atoms with Crippen LogP contribution in [0.5, 0.6) is 0 Å². The van der Waals surface area contributed by atoms with Gasteiger partial charge in [-0.2, -0.15) is 0 Å². The third-order valence-corrected chi connectivity index (χ3v) is 4.42. The summed E-state index contributed by atoms with van der Waals surface area (Å²) in [5.74, 6) is 0.307. The summed E-state index contributed by atoms with van der Waals surface area (Å²) < 4.78 is 14.2. The first-order valence-corrected chi connectivity index (χ1v) is 8.39. The zero-order chi connectivity index (χ0) is 15.2. The molecular weight excluding hydrogens is 263 g/mol. The van der Waals surface area contributed by atoms with Crippen molar-refractivity contribution in [1.82, 2.24) is 10.2 Å². The van der Waals surface area contributed by atoms with Crippen molar-refractivity contribution in [3.63, 3.8) is 0 Å². The third kappa shape index (κ3) is 4.52. The molecule has 2 rings (SSSR count). The van der Waals surface area contributed by atoms with Crippen LogP contribution < -0.4 is 5.32 Å². The lowest BCUT2D eigenvalue weighted by molar-refractivity contribution is 0.209. The van der Waals surface area contributed by atoms with Gasteiger partial charge >= 0.3 is 0 Å².